The van der Waals surface area contributed by atoms with Gasteiger partial charge in [0.25, 0.3) is 6.43 Å². The van der Waals surface area contributed by atoms with E-state index in [9.17, 15) is 8.78 Å². The van der Waals surface area contributed by atoms with E-state index in [1.54, 1.807) is 0 Å². The SMILES string of the molecule is FC(F)c1cnc(Cl)c(I)c1Br. The maximum Gasteiger partial charge on any atom is 0.266 e. The van der Waals surface area contributed by atoms with Gasteiger partial charge in [0.1, 0.15) is 5.15 Å². The quantitative estimate of drug-likeness (QED) is 0.539. The highest BCUT2D eigenvalue weighted by molar-refractivity contribution is 14.1. The summed E-state index contributed by atoms with van der Waals surface area (Å²) in [6.45, 7) is 0. The second-order valence-electron chi connectivity index (χ2n) is 1.93. The van der Waals surface area contributed by atoms with Gasteiger partial charge in [0, 0.05) is 10.7 Å². The molecule has 0 bridgehead atoms. The largest absolute Gasteiger partial charge is 0.266 e. The van der Waals surface area contributed by atoms with Crippen molar-refractivity contribution in [2.24, 2.45) is 0 Å². The van der Waals surface area contributed by atoms with Crippen molar-refractivity contribution in [1.82, 2.24) is 4.98 Å². The molecule has 12 heavy (non-hydrogen) atoms. The number of halogens is 5. The first-order chi connectivity index (χ1) is 5.54. The standard InChI is InChI=1S/C6H2BrClF2IN/c7-3-2(6(9)10)1-12-5(8)4(3)11/h1,6H. The summed E-state index contributed by atoms with van der Waals surface area (Å²) < 4.78 is 25.3. The summed E-state index contributed by atoms with van der Waals surface area (Å²) >= 11 is 10.5. The minimum absolute atomic E-state index is 0.135. The molecule has 0 aliphatic carbocycles. The Hall–Kier alpha value is 0.510. The molecule has 0 atom stereocenters. The Labute approximate surface area is 94.8 Å². The molecule has 1 nitrogen and oxygen atoms in total. The van der Waals surface area contributed by atoms with Gasteiger partial charge in [-0.1, -0.05) is 11.6 Å². The monoisotopic (exact) mass is 367 g/mol. The summed E-state index contributed by atoms with van der Waals surface area (Å²) in [5.41, 5.74) is -0.135. The van der Waals surface area contributed by atoms with Gasteiger partial charge in [-0.25, -0.2) is 13.8 Å². The van der Waals surface area contributed by atoms with E-state index < -0.39 is 6.43 Å². The molecule has 0 fully saturated rings. The zero-order chi connectivity index (χ0) is 9.30. The third-order valence-electron chi connectivity index (χ3n) is 1.18. The van der Waals surface area contributed by atoms with Gasteiger partial charge in [-0.2, -0.15) is 0 Å². The number of pyridine rings is 1. The Morgan fingerprint density at radius 2 is 2.17 bits per heavy atom. The number of hydrogen-bond acceptors (Lipinski definition) is 1. The Bertz CT molecular complexity index is 308. The second kappa shape index (κ2) is 4.15. The van der Waals surface area contributed by atoms with E-state index >= 15 is 0 Å². The van der Waals surface area contributed by atoms with Crippen LogP contribution in [0.5, 0.6) is 0 Å². The lowest BCUT2D eigenvalue weighted by molar-refractivity contribution is 0.150. The number of alkyl halides is 2. The van der Waals surface area contributed by atoms with Crippen molar-refractivity contribution < 1.29 is 8.78 Å². The van der Waals surface area contributed by atoms with E-state index in [4.69, 9.17) is 11.6 Å². The molecule has 0 aromatic carbocycles. The smallest absolute Gasteiger partial charge is 0.243 e. The highest BCUT2D eigenvalue weighted by Gasteiger charge is 2.16. The number of aromatic nitrogens is 1. The Morgan fingerprint density at radius 1 is 1.58 bits per heavy atom. The first kappa shape index (κ1) is 10.6. The van der Waals surface area contributed by atoms with Gasteiger partial charge in [0.05, 0.1) is 9.13 Å². The van der Waals surface area contributed by atoms with Gasteiger partial charge in [0.15, 0.2) is 0 Å². The maximum atomic E-state index is 12.2. The molecule has 66 valence electrons. The van der Waals surface area contributed by atoms with Crippen LogP contribution in [0.25, 0.3) is 0 Å². The van der Waals surface area contributed by atoms with E-state index in [1.165, 1.54) is 0 Å². The lowest BCUT2D eigenvalue weighted by Gasteiger charge is -2.04. The van der Waals surface area contributed by atoms with Crippen LogP contribution in [0.15, 0.2) is 10.7 Å². The predicted octanol–water partition coefficient (Wildman–Crippen LogP) is 4.04. The molecule has 0 unspecified atom stereocenters. The Balaban J connectivity index is 3.27. The average Bonchev–Trinajstić information content (AvgIpc) is 2.00. The molecule has 0 amide bonds. The second-order valence-corrected chi connectivity index (χ2v) is 4.16. The average molecular weight is 368 g/mol. The van der Waals surface area contributed by atoms with Crippen LogP contribution < -0.4 is 0 Å². The predicted molar refractivity (Wildman–Crippen MR) is 54.6 cm³/mol. The summed E-state index contributed by atoms with van der Waals surface area (Å²) in [6, 6.07) is 0. The molecule has 0 N–H and O–H groups in total. The highest BCUT2D eigenvalue weighted by atomic mass is 127. The normalized spacial score (nSPS) is 10.8. The third-order valence-corrected chi connectivity index (χ3v) is 4.43. The molecule has 1 aromatic heterocycles. The van der Waals surface area contributed by atoms with Crippen LogP contribution in [-0.4, -0.2) is 4.98 Å². The Kier molecular flexibility index (Phi) is 3.66. The van der Waals surface area contributed by atoms with Crippen LogP contribution in [0.3, 0.4) is 0 Å². The lowest BCUT2D eigenvalue weighted by Crippen LogP contribution is -1.92. The van der Waals surface area contributed by atoms with Gasteiger partial charge in [-0.05, 0) is 38.5 Å². The van der Waals surface area contributed by atoms with Gasteiger partial charge in [-0.15, -0.1) is 0 Å². The van der Waals surface area contributed by atoms with Crippen LogP contribution in [0.4, 0.5) is 8.78 Å². The van der Waals surface area contributed by atoms with Gasteiger partial charge < -0.3 is 0 Å². The topological polar surface area (TPSA) is 12.9 Å². The van der Waals surface area contributed by atoms with Crippen molar-refractivity contribution in [3.63, 3.8) is 0 Å². The van der Waals surface area contributed by atoms with Crippen molar-refractivity contribution in [3.8, 4) is 0 Å². The van der Waals surface area contributed by atoms with Crippen molar-refractivity contribution in [1.29, 1.82) is 0 Å². The summed E-state index contributed by atoms with van der Waals surface area (Å²) in [5.74, 6) is 0. The van der Waals surface area contributed by atoms with E-state index in [0.717, 1.165) is 6.20 Å². The first-order valence-corrected chi connectivity index (χ1v) is 5.06. The first-order valence-electron chi connectivity index (χ1n) is 2.81. The molecule has 0 aliphatic heterocycles. The summed E-state index contributed by atoms with van der Waals surface area (Å²) in [6.07, 6.45) is -1.46. The zero-order valence-corrected chi connectivity index (χ0v) is 9.99. The van der Waals surface area contributed by atoms with Crippen molar-refractivity contribution in [2.45, 2.75) is 6.43 Å². The van der Waals surface area contributed by atoms with Crippen LogP contribution in [0, 0.1) is 3.57 Å². The van der Waals surface area contributed by atoms with E-state index in [2.05, 4.69) is 20.9 Å². The van der Waals surface area contributed by atoms with E-state index in [0.29, 0.717) is 8.04 Å². The minimum Gasteiger partial charge on any atom is -0.243 e. The Morgan fingerprint density at radius 3 is 2.67 bits per heavy atom. The van der Waals surface area contributed by atoms with Crippen LogP contribution >= 0.6 is 50.1 Å². The fraction of sp³-hybridized carbons (Fsp3) is 0.167. The van der Waals surface area contributed by atoms with E-state index in [1.807, 2.05) is 22.6 Å². The van der Waals surface area contributed by atoms with Crippen molar-refractivity contribution >= 4 is 50.1 Å². The fourth-order valence-corrected chi connectivity index (χ4v) is 1.78. The van der Waals surface area contributed by atoms with E-state index in [-0.39, 0.29) is 10.7 Å². The lowest BCUT2D eigenvalue weighted by atomic mass is 10.3. The molecule has 0 spiro atoms. The van der Waals surface area contributed by atoms with Gasteiger partial charge in [-0.3, -0.25) is 0 Å². The molecule has 0 radical (unpaired) electrons. The maximum absolute atomic E-state index is 12.2. The van der Waals surface area contributed by atoms with Crippen LogP contribution in [0.1, 0.15) is 12.0 Å². The third kappa shape index (κ3) is 2.05. The van der Waals surface area contributed by atoms with Crippen LogP contribution in [0.2, 0.25) is 5.15 Å². The minimum atomic E-state index is -2.53. The molecule has 1 aromatic rings. The number of nitrogens with zero attached hydrogens (tertiary/aromatic N) is 1. The summed E-state index contributed by atoms with van der Waals surface area (Å²) in [7, 11) is 0. The van der Waals surface area contributed by atoms with Crippen molar-refractivity contribution in [2.75, 3.05) is 0 Å². The van der Waals surface area contributed by atoms with Crippen molar-refractivity contribution in [3.05, 3.63) is 25.0 Å². The van der Waals surface area contributed by atoms with Gasteiger partial charge >= 0.3 is 0 Å². The van der Waals surface area contributed by atoms with Gasteiger partial charge in [0.2, 0.25) is 0 Å². The number of hydrogen-bond donors (Lipinski definition) is 0. The molecular weight excluding hydrogens is 366 g/mol. The zero-order valence-electron chi connectivity index (χ0n) is 5.49. The molecule has 6 heteroatoms. The highest BCUT2D eigenvalue weighted by Crippen LogP contribution is 2.33. The molecule has 0 saturated heterocycles. The molecule has 0 aliphatic rings. The summed E-state index contributed by atoms with van der Waals surface area (Å²) in [5, 5.41) is 0.229. The molecule has 1 rings (SSSR count). The fourth-order valence-electron chi connectivity index (χ4n) is 0.609. The van der Waals surface area contributed by atoms with Crippen LogP contribution in [-0.2, 0) is 0 Å². The molecule has 1 heterocycles. The molecule has 0 saturated carbocycles. The number of rotatable bonds is 1. The summed E-state index contributed by atoms with van der Waals surface area (Å²) in [4.78, 5) is 3.61. The molecular formula is C6H2BrClF2IN.